The van der Waals surface area contributed by atoms with Crippen molar-refractivity contribution < 1.29 is 14.7 Å². The molecule has 2 aromatic heterocycles. The van der Waals surface area contributed by atoms with Crippen LogP contribution in [0.15, 0.2) is 23.7 Å². The van der Waals surface area contributed by atoms with Gasteiger partial charge in [-0.1, -0.05) is 25.3 Å². The lowest BCUT2D eigenvalue weighted by Gasteiger charge is -2.05. The molecule has 2 heterocycles. The number of hydrogen-bond acceptors (Lipinski definition) is 4. The maximum absolute atomic E-state index is 12.4. The van der Waals surface area contributed by atoms with E-state index < -0.39 is 5.97 Å². The molecule has 2 aromatic rings. The number of nitrogens with zero attached hydrogens (tertiary/aromatic N) is 2. The summed E-state index contributed by atoms with van der Waals surface area (Å²) in [4.78, 5) is 23.7. The number of amides is 1. The first kappa shape index (κ1) is 18.2. The van der Waals surface area contributed by atoms with Gasteiger partial charge in [0, 0.05) is 26.2 Å². The molecule has 0 saturated carbocycles. The molecule has 0 aliphatic heterocycles. The van der Waals surface area contributed by atoms with Crippen molar-refractivity contribution in [2.24, 2.45) is 7.05 Å². The minimum Gasteiger partial charge on any atom is -0.481 e. The van der Waals surface area contributed by atoms with E-state index in [1.807, 2.05) is 24.6 Å². The number of carbonyl (C=O) groups is 2. The third-order valence-electron chi connectivity index (χ3n) is 3.68. The van der Waals surface area contributed by atoms with Crippen molar-refractivity contribution in [3.8, 4) is 10.6 Å². The summed E-state index contributed by atoms with van der Waals surface area (Å²) >= 11 is 1.56. The number of thiophene rings is 1. The predicted octanol–water partition coefficient (Wildman–Crippen LogP) is 3.30. The summed E-state index contributed by atoms with van der Waals surface area (Å²) in [6.07, 6.45) is 6.51. The Bertz CT molecular complexity index is 665. The highest BCUT2D eigenvalue weighted by atomic mass is 32.1. The Morgan fingerprint density at radius 3 is 2.71 bits per heavy atom. The second-order valence-electron chi connectivity index (χ2n) is 5.71. The molecule has 0 saturated heterocycles. The van der Waals surface area contributed by atoms with Crippen LogP contribution in [0.4, 0.5) is 0 Å². The molecule has 0 aliphatic rings. The number of hydrogen-bond donors (Lipinski definition) is 2. The van der Waals surface area contributed by atoms with Gasteiger partial charge in [0.15, 0.2) is 0 Å². The molecule has 0 unspecified atom stereocenters. The molecule has 0 fully saturated rings. The fourth-order valence-electron chi connectivity index (χ4n) is 2.48. The van der Waals surface area contributed by atoms with Crippen LogP contribution in [0, 0.1) is 0 Å². The Kier molecular flexibility index (Phi) is 6.99. The molecule has 2 rings (SSSR count). The highest BCUT2D eigenvalue weighted by Crippen LogP contribution is 2.26. The average Bonchev–Trinajstić information content (AvgIpc) is 3.18. The first-order valence-electron chi connectivity index (χ1n) is 8.15. The van der Waals surface area contributed by atoms with Gasteiger partial charge in [0.25, 0.3) is 5.91 Å². The van der Waals surface area contributed by atoms with Crippen LogP contribution in [-0.4, -0.2) is 33.3 Å². The van der Waals surface area contributed by atoms with E-state index in [9.17, 15) is 9.59 Å². The molecule has 24 heavy (non-hydrogen) atoms. The molecular formula is C17H23N3O3S. The number of nitrogens with one attached hydrogen (secondary N) is 1. The minimum atomic E-state index is -0.736. The zero-order valence-corrected chi connectivity index (χ0v) is 14.6. The van der Waals surface area contributed by atoms with E-state index in [0.29, 0.717) is 12.1 Å². The lowest BCUT2D eigenvalue weighted by atomic mass is 10.1. The van der Waals surface area contributed by atoms with Crippen LogP contribution in [0.3, 0.4) is 0 Å². The van der Waals surface area contributed by atoms with Gasteiger partial charge in [0.2, 0.25) is 0 Å². The van der Waals surface area contributed by atoms with E-state index in [-0.39, 0.29) is 12.3 Å². The second kappa shape index (κ2) is 9.22. The highest BCUT2D eigenvalue weighted by Gasteiger charge is 2.17. The van der Waals surface area contributed by atoms with Gasteiger partial charge in [0.05, 0.1) is 10.4 Å². The van der Waals surface area contributed by atoms with Crippen molar-refractivity contribution in [2.45, 2.75) is 38.5 Å². The molecule has 0 radical (unpaired) electrons. The number of aryl methyl sites for hydroxylation is 1. The summed E-state index contributed by atoms with van der Waals surface area (Å²) in [5.41, 5.74) is 1.32. The third-order valence-corrected chi connectivity index (χ3v) is 4.56. The number of rotatable bonds is 10. The van der Waals surface area contributed by atoms with Crippen LogP contribution < -0.4 is 5.32 Å². The van der Waals surface area contributed by atoms with E-state index in [2.05, 4.69) is 10.4 Å². The largest absolute Gasteiger partial charge is 0.481 e. The zero-order chi connectivity index (χ0) is 17.4. The molecule has 0 aromatic carbocycles. The summed E-state index contributed by atoms with van der Waals surface area (Å²) in [6, 6.07) is 3.90. The summed E-state index contributed by atoms with van der Waals surface area (Å²) in [5, 5.41) is 17.9. The molecule has 7 heteroatoms. The van der Waals surface area contributed by atoms with Gasteiger partial charge in [-0.3, -0.25) is 14.3 Å². The van der Waals surface area contributed by atoms with Crippen LogP contribution in [-0.2, 0) is 11.8 Å². The third kappa shape index (κ3) is 5.49. The number of carbonyl (C=O) groups excluding carboxylic acids is 1. The molecule has 2 N–H and O–H groups in total. The van der Waals surface area contributed by atoms with Crippen molar-refractivity contribution in [1.82, 2.24) is 15.1 Å². The van der Waals surface area contributed by atoms with Crippen molar-refractivity contribution in [2.75, 3.05) is 6.54 Å². The second-order valence-corrected chi connectivity index (χ2v) is 6.66. The molecule has 1 amide bonds. The fraction of sp³-hybridized carbons (Fsp3) is 0.471. The van der Waals surface area contributed by atoms with Gasteiger partial charge in [-0.2, -0.15) is 5.10 Å². The topological polar surface area (TPSA) is 84.2 Å². The lowest BCUT2D eigenvalue weighted by Crippen LogP contribution is -2.24. The first-order valence-corrected chi connectivity index (χ1v) is 9.03. The maximum atomic E-state index is 12.4. The van der Waals surface area contributed by atoms with E-state index in [1.54, 1.807) is 22.2 Å². The van der Waals surface area contributed by atoms with E-state index in [0.717, 1.165) is 42.7 Å². The maximum Gasteiger partial charge on any atom is 0.303 e. The Morgan fingerprint density at radius 1 is 1.25 bits per heavy atom. The normalized spacial score (nSPS) is 10.7. The van der Waals surface area contributed by atoms with E-state index in [1.165, 1.54) is 0 Å². The van der Waals surface area contributed by atoms with Gasteiger partial charge in [-0.05, 0) is 24.3 Å². The van der Waals surface area contributed by atoms with Crippen LogP contribution in [0.2, 0.25) is 0 Å². The fourth-order valence-corrected chi connectivity index (χ4v) is 3.20. The Labute approximate surface area is 145 Å². The number of carboxylic acids is 1. The molecule has 0 atom stereocenters. The van der Waals surface area contributed by atoms with Crippen LogP contribution in [0.5, 0.6) is 0 Å². The SMILES string of the molecule is Cn1cc(C(=O)NCCCCCCCC(=O)O)c(-c2cccs2)n1. The van der Waals surface area contributed by atoms with Gasteiger partial charge in [-0.15, -0.1) is 11.3 Å². The van der Waals surface area contributed by atoms with Crippen LogP contribution in [0.25, 0.3) is 10.6 Å². The predicted molar refractivity (Wildman–Crippen MR) is 94.2 cm³/mol. The van der Waals surface area contributed by atoms with Crippen molar-refractivity contribution >= 4 is 23.2 Å². The molecule has 130 valence electrons. The number of unbranched alkanes of at least 4 members (excludes halogenated alkanes) is 4. The van der Waals surface area contributed by atoms with Crippen LogP contribution in [0.1, 0.15) is 48.9 Å². The average molecular weight is 349 g/mol. The molecule has 6 nitrogen and oxygen atoms in total. The lowest BCUT2D eigenvalue weighted by molar-refractivity contribution is -0.137. The monoisotopic (exact) mass is 349 g/mol. The summed E-state index contributed by atoms with van der Waals surface area (Å²) in [7, 11) is 1.81. The molecular weight excluding hydrogens is 326 g/mol. The van der Waals surface area contributed by atoms with Gasteiger partial charge >= 0.3 is 5.97 Å². The van der Waals surface area contributed by atoms with Crippen molar-refractivity contribution in [1.29, 1.82) is 0 Å². The Morgan fingerprint density at radius 2 is 2.00 bits per heavy atom. The molecule has 0 aliphatic carbocycles. The van der Waals surface area contributed by atoms with Crippen LogP contribution >= 0.6 is 11.3 Å². The number of aromatic nitrogens is 2. The Hall–Kier alpha value is -2.15. The Balaban J connectivity index is 1.73. The van der Waals surface area contributed by atoms with Gasteiger partial charge in [-0.25, -0.2) is 0 Å². The minimum absolute atomic E-state index is 0.0997. The standard InChI is InChI=1S/C17H23N3O3S/c1-20-12-13(16(19-20)14-8-7-11-24-14)17(23)18-10-6-4-2-3-5-9-15(21)22/h7-8,11-12H,2-6,9-10H2,1H3,(H,18,23)(H,21,22). The number of carboxylic acid groups (broad SMARTS) is 1. The van der Waals surface area contributed by atoms with Crippen molar-refractivity contribution in [3.05, 3.63) is 29.3 Å². The van der Waals surface area contributed by atoms with Crippen molar-refractivity contribution in [3.63, 3.8) is 0 Å². The quantitative estimate of drug-likeness (QED) is 0.645. The first-order chi connectivity index (χ1) is 11.6. The van der Waals surface area contributed by atoms with E-state index >= 15 is 0 Å². The highest BCUT2D eigenvalue weighted by molar-refractivity contribution is 7.13. The summed E-state index contributed by atoms with van der Waals surface area (Å²) in [6.45, 7) is 0.622. The van der Waals surface area contributed by atoms with Gasteiger partial charge in [0.1, 0.15) is 5.69 Å². The molecule has 0 bridgehead atoms. The van der Waals surface area contributed by atoms with E-state index in [4.69, 9.17) is 5.11 Å². The zero-order valence-electron chi connectivity index (χ0n) is 13.8. The summed E-state index contributed by atoms with van der Waals surface area (Å²) in [5.74, 6) is -0.836. The number of aliphatic carboxylic acids is 1. The van der Waals surface area contributed by atoms with Gasteiger partial charge < -0.3 is 10.4 Å². The molecule has 0 spiro atoms. The smallest absolute Gasteiger partial charge is 0.303 e. The summed E-state index contributed by atoms with van der Waals surface area (Å²) < 4.78 is 1.66.